The molecule has 2 rings (SSSR count). The first-order valence-electron chi connectivity index (χ1n) is 12.1. The van der Waals surface area contributed by atoms with Crippen LogP contribution in [0.5, 0.6) is 0 Å². The number of aryl methyl sites for hydroxylation is 2. The molecule has 0 spiro atoms. The third kappa shape index (κ3) is 9.26. The second kappa shape index (κ2) is 13.0. The minimum atomic E-state index is 0.856. The molecule has 0 fully saturated rings. The van der Waals surface area contributed by atoms with E-state index in [0.717, 1.165) is 11.8 Å². The molecule has 28 heavy (non-hydrogen) atoms. The Hall–Kier alpha value is -1.30. The molecule has 2 aromatic carbocycles. The Bertz CT molecular complexity index is 610. The van der Waals surface area contributed by atoms with Crippen molar-refractivity contribution in [3.63, 3.8) is 0 Å². The minimum absolute atomic E-state index is 0.856. The van der Waals surface area contributed by atoms with Gasteiger partial charge in [0.2, 0.25) is 0 Å². The highest BCUT2D eigenvalue weighted by Gasteiger charge is 2.01. The van der Waals surface area contributed by atoms with Crippen LogP contribution in [0.2, 0.25) is 0 Å². The van der Waals surface area contributed by atoms with Crippen molar-refractivity contribution in [2.24, 2.45) is 11.8 Å². The zero-order valence-corrected chi connectivity index (χ0v) is 19.1. The molecule has 0 saturated carbocycles. The molecule has 2 aromatic rings. The van der Waals surface area contributed by atoms with Crippen molar-refractivity contribution in [2.75, 3.05) is 0 Å². The summed E-state index contributed by atoms with van der Waals surface area (Å²) in [5, 5.41) is 2.83. The molecule has 0 nitrogen and oxygen atoms in total. The van der Waals surface area contributed by atoms with Crippen LogP contribution in [0.15, 0.2) is 36.4 Å². The van der Waals surface area contributed by atoms with Gasteiger partial charge in [-0.25, -0.2) is 0 Å². The van der Waals surface area contributed by atoms with Crippen LogP contribution in [-0.2, 0) is 12.8 Å². The Labute approximate surface area is 175 Å². The number of hydrogen-bond acceptors (Lipinski definition) is 0. The Morgan fingerprint density at radius 2 is 0.929 bits per heavy atom. The van der Waals surface area contributed by atoms with Gasteiger partial charge in [-0.3, -0.25) is 0 Å². The van der Waals surface area contributed by atoms with Crippen LogP contribution in [-0.4, -0.2) is 0 Å². The summed E-state index contributed by atoms with van der Waals surface area (Å²) in [6, 6.07) is 14.2. The monoisotopic (exact) mass is 380 g/mol. The number of unbranched alkanes of at least 4 members (excludes halogenated alkanes) is 6. The van der Waals surface area contributed by atoms with Gasteiger partial charge in [0.1, 0.15) is 0 Å². The molecule has 0 aliphatic rings. The Kier molecular flexibility index (Phi) is 10.7. The molecule has 0 aliphatic carbocycles. The van der Waals surface area contributed by atoms with Crippen molar-refractivity contribution in [1.29, 1.82) is 0 Å². The smallest absolute Gasteiger partial charge is 0.0179 e. The van der Waals surface area contributed by atoms with Crippen LogP contribution in [0, 0.1) is 11.8 Å². The number of rotatable bonds is 14. The lowest BCUT2D eigenvalue weighted by atomic mass is 9.98. The number of fused-ring (bicyclic) bond motifs is 1. The van der Waals surface area contributed by atoms with Gasteiger partial charge >= 0.3 is 0 Å². The summed E-state index contributed by atoms with van der Waals surface area (Å²) in [4.78, 5) is 0. The first kappa shape index (κ1) is 23.0. The van der Waals surface area contributed by atoms with E-state index in [4.69, 9.17) is 0 Å². The fourth-order valence-electron chi connectivity index (χ4n) is 4.13. The Balaban J connectivity index is 1.75. The number of benzene rings is 2. The molecule has 0 aromatic heterocycles. The van der Waals surface area contributed by atoms with E-state index in [0.29, 0.717) is 0 Å². The van der Waals surface area contributed by atoms with E-state index in [-0.39, 0.29) is 0 Å². The zero-order valence-electron chi connectivity index (χ0n) is 19.1. The third-order valence-electron chi connectivity index (χ3n) is 5.96. The summed E-state index contributed by atoms with van der Waals surface area (Å²) < 4.78 is 0. The predicted molar refractivity (Wildman–Crippen MR) is 127 cm³/mol. The molecule has 0 radical (unpaired) electrons. The van der Waals surface area contributed by atoms with Gasteiger partial charge in [-0.05, 0) is 59.4 Å². The Morgan fingerprint density at radius 1 is 0.500 bits per heavy atom. The second-order valence-corrected chi connectivity index (χ2v) is 9.71. The lowest BCUT2D eigenvalue weighted by molar-refractivity contribution is 0.520. The summed E-state index contributed by atoms with van der Waals surface area (Å²) in [5.74, 6) is 1.71. The molecular weight excluding hydrogens is 336 g/mol. The first-order valence-corrected chi connectivity index (χ1v) is 12.1. The van der Waals surface area contributed by atoms with Gasteiger partial charge in [-0.15, -0.1) is 0 Å². The largest absolute Gasteiger partial charge is 0.0628 e. The molecule has 0 heterocycles. The quantitative estimate of drug-likeness (QED) is 0.287. The van der Waals surface area contributed by atoms with E-state index in [1.165, 1.54) is 98.9 Å². The molecule has 0 unspecified atom stereocenters. The standard InChI is InChI=1S/C28H44/c1-23(2)13-9-5-7-11-15-25-17-19-27-20-18-26(22-28(27)21-25)16-12-8-6-10-14-24(3)4/h17-24H,5-16H2,1-4H3. The van der Waals surface area contributed by atoms with Gasteiger partial charge in [0.15, 0.2) is 0 Å². The Morgan fingerprint density at radius 3 is 1.36 bits per heavy atom. The van der Waals surface area contributed by atoms with E-state index in [1.807, 2.05) is 0 Å². The minimum Gasteiger partial charge on any atom is -0.0628 e. The third-order valence-corrected chi connectivity index (χ3v) is 5.96. The van der Waals surface area contributed by atoms with Crippen LogP contribution in [0.1, 0.15) is 103 Å². The van der Waals surface area contributed by atoms with E-state index >= 15 is 0 Å². The van der Waals surface area contributed by atoms with E-state index in [2.05, 4.69) is 64.1 Å². The van der Waals surface area contributed by atoms with Gasteiger partial charge in [0, 0.05) is 0 Å². The van der Waals surface area contributed by atoms with Crippen LogP contribution in [0.25, 0.3) is 10.8 Å². The lowest BCUT2D eigenvalue weighted by Gasteiger charge is -2.08. The lowest BCUT2D eigenvalue weighted by Crippen LogP contribution is -1.91. The van der Waals surface area contributed by atoms with Crippen molar-refractivity contribution in [3.05, 3.63) is 47.5 Å². The highest BCUT2D eigenvalue weighted by molar-refractivity contribution is 5.83. The van der Waals surface area contributed by atoms with E-state index in [9.17, 15) is 0 Å². The molecule has 0 heteroatoms. The van der Waals surface area contributed by atoms with E-state index < -0.39 is 0 Å². The summed E-state index contributed by atoms with van der Waals surface area (Å²) in [5.41, 5.74) is 3.03. The maximum absolute atomic E-state index is 2.44. The summed E-state index contributed by atoms with van der Waals surface area (Å²) in [6.45, 7) is 9.32. The zero-order chi connectivity index (χ0) is 20.2. The van der Waals surface area contributed by atoms with Crippen molar-refractivity contribution >= 4 is 10.8 Å². The fraction of sp³-hybridized carbons (Fsp3) is 0.643. The second-order valence-electron chi connectivity index (χ2n) is 9.71. The topological polar surface area (TPSA) is 0 Å². The van der Waals surface area contributed by atoms with Crippen LogP contribution in [0.3, 0.4) is 0 Å². The average Bonchev–Trinajstić information content (AvgIpc) is 2.66. The molecule has 0 saturated heterocycles. The maximum Gasteiger partial charge on any atom is -0.0179 e. The molecule has 0 atom stereocenters. The molecule has 0 aliphatic heterocycles. The van der Waals surface area contributed by atoms with Crippen molar-refractivity contribution in [3.8, 4) is 0 Å². The number of hydrogen-bond donors (Lipinski definition) is 0. The van der Waals surface area contributed by atoms with Gasteiger partial charge < -0.3 is 0 Å². The highest BCUT2D eigenvalue weighted by Crippen LogP contribution is 2.21. The fourth-order valence-corrected chi connectivity index (χ4v) is 4.13. The van der Waals surface area contributed by atoms with Crippen LogP contribution >= 0.6 is 0 Å². The molecule has 156 valence electrons. The molecule has 0 bridgehead atoms. The highest BCUT2D eigenvalue weighted by atomic mass is 14.1. The summed E-state index contributed by atoms with van der Waals surface area (Å²) >= 11 is 0. The summed E-state index contributed by atoms with van der Waals surface area (Å²) in [6.07, 6.45) is 16.2. The van der Waals surface area contributed by atoms with Crippen molar-refractivity contribution < 1.29 is 0 Å². The molecule has 0 N–H and O–H groups in total. The van der Waals surface area contributed by atoms with Gasteiger partial charge in [-0.2, -0.15) is 0 Å². The predicted octanol–water partition coefficient (Wildman–Crippen LogP) is 9.14. The molecule has 0 amide bonds. The van der Waals surface area contributed by atoms with Crippen LogP contribution < -0.4 is 0 Å². The van der Waals surface area contributed by atoms with Crippen molar-refractivity contribution in [2.45, 2.75) is 105 Å². The SMILES string of the molecule is CC(C)CCCCCCc1ccc2ccc(CCCCCCC(C)C)cc2c1. The normalized spacial score (nSPS) is 11.8. The van der Waals surface area contributed by atoms with E-state index in [1.54, 1.807) is 0 Å². The first-order chi connectivity index (χ1) is 13.5. The van der Waals surface area contributed by atoms with Gasteiger partial charge in [0.05, 0.1) is 0 Å². The van der Waals surface area contributed by atoms with Crippen molar-refractivity contribution in [1.82, 2.24) is 0 Å². The summed E-state index contributed by atoms with van der Waals surface area (Å²) in [7, 11) is 0. The average molecular weight is 381 g/mol. The molecular formula is C28H44. The van der Waals surface area contributed by atoms with Crippen LogP contribution in [0.4, 0.5) is 0 Å². The maximum atomic E-state index is 2.44. The van der Waals surface area contributed by atoms with Gasteiger partial charge in [0.25, 0.3) is 0 Å². The van der Waals surface area contributed by atoms with Gasteiger partial charge in [-0.1, -0.05) is 115 Å².